The van der Waals surface area contributed by atoms with E-state index in [9.17, 15) is 10.4 Å². The van der Waals surface area contributed by atoms with Gasteiger partial charge in [-0.15, -0.1) is 0 Å². The van der Waals surface area contributed by atoms with Gasteiger partial charge in [0.25, 0.3) is 0 Å². The minimum Gasteiger partial charge on any atom is -0.385 e. The Morgan fingerprint density at radius 2 is 1.94 bits per heavy atom. The molecule has 0 amide bonds. The van der Waals surface area contributed by atoms with Gasteiger partial charge in [-0.1, -0.05) is 25.7 Å². The Morgan fingerprint density at radius 3 is 2.44 bits per heavy atom. The van der Waals surface area contributed by atoms with E-state index in [2.05, 4.69) is 27.0 Å². The zero-order valence-electron chi connectivity index (χ0n) is 10.3. The molecule has 96 valence electrons. The van der Waals surface area contributed by atoms with E-state index in [0.717, 1.165) is 43.0 Å². The molecule has 1 aliphatic rings. The molecule has 1 aliphatic carbocycles. The van der Waals surface area contributed by atoms with Crippen molar-refractivity contribution in [3.63, 3.8) is 0 Å². The summed E-state index contributed by atoms with van der Waals surface area (Å²) in [5, 5.41) is 20.0. The maximum atomic E-state index is 10.5. The number of nitriles is 1. The van der Waals surface area contributed by atoms with E-state index in [-0.39, 0.29) is 0 Å². The first-order chi connectivity index (χ1) is 8.68. The van der Waals surface area contributed by atoms with E-state index in [0.29, 0.717) is 5.69 Å². The highest BCUT2D eigenvalue weighted by Crippen LogP contribution is 2.44. The van der Waals surface area contributed by atoms with Crippen LogP contribution in [0.25, 0.3) is 0 Å². The van der Waals surface area contributed by atoms with Gasteiger partial charge in [0.15, 0.2) is 0 Å². The summed E-state index contributed by atoms with van der Waals surface area (Å²) in [6, 6.07) is 6.01. The Balaban J connectivity index is 2.26. The van der Waals surface area contributed by atoms with Gasteiger partial charge in [0.05, 0.1) is 17.2 Å². The standard InChI is InChI=1S/C14H17BrN2O/c15-11-5-6-12(17-9-11)13(18)14(10-16)7-3-1-2-4-8-14/h5-6,9,13,18H,1-4,7-8H2. The molecule has 1 fully saturated rings. The Morgan fingerprint density at radius 1 is 1.28 bits per heavy atom. The first-order valence-electron chi connectivity index (χ1n) is 6.39. The molecular formula is C14H17BrN2O. The molecule has 1 heterocycles. The van der Waals surface area contributed by atoms with E-state index >= 15 is 0 Å². The lowest BCUT2D eigenvalue weighted by Crippen LogP contribution is -2.27. The fraction of sp³-hybridized carbons (Fsp3) is 0.571. The van der Waals surface area contributed by atoms with Crippen LogP contribution in [0, 0.1) is 16.7 Å². The molecule has 4 heteroatoms. The number of hydrogen-bond acceptors (Lipinski definition) is 3. The number of aliphatic hydroxyl groups is 1. The molecule has 1 atom stereocenters. The molecule has 18 heavy (non-hydrogen) atoms. The summed E-state index contributed by atoms with van der Waals surface area (Å²) in [6.07, 6.45) is 6.76. The van der Waals surface area contributed by atoms with Gasteiger partial charge < -0.3 is 5.11 Å². The molecule has 1 saturated carbocycles. The minimum atomic E-state index is -0.784. The topological polar surface area (TPSA) is 56.9 Å². The zero-order chi connectivity index (χ0) is 13.0. The van der Waals surface area contributed by atoms with Crippen LogP contribution in [0.1, 0.15) is 50.3 Å². The smallest absolute Gasteiger partial charge is 0.114 e. The van der Waals surface area contributed by atoms with Gasteiger partial charge in [-0.05, 0) is 40.9 Å². The lowest BCUT2D eigenvalue weighted by molar-refractivity contribution is 0.0481. The zero-order valence-corrected chi connectivity index (χ0v) is 11.9. The first-order valence-corrected chi connectivity index (χ1v) is 7.18. The summed E-state index contributed by atoms with van der Waals surface area (Å²) in [6.45, 7) is 0. The third kappa shape index (κ3) is 2.73. The van der Waals surface area contributed by atoms with Crippen LogP contribution in [-0.4, -0.2) is 10.1 Å². The van der Waals surface area contributed by atoms with Crippen LogP contribution < -0.4 is 0 Å². The molecule has 0 aromatic carbocycles. The predicted molar refractivity (Wildman–Crippen MR) is 72.6 cm³/mol. The van der Waals surface area contributed by atoms with Crippen molar-refractivity contribution in [2.24, 2.45) is 5.41 Å². The number of pyridine rings is 1. The summed E-state index contributed by atoms with van der Waals surface area (Å²) in [7, 11) is 0. The average molecular weight is 309 g/mol. The second kappa shape index (κ2) is 5.81. The molecule has 3 nitrogen and oxygen atoms in total. The molecule has 2 rings (SSSR count). The number of nitrogens with zero attached hydrogens (tertiary/aromatic N) is 2. The van der Waals surface area contributed by atoms with Gasteiger partial charge in [0, 0.05) is 10.7 Å². The van der Waals surface area contributed by atoms with Crippen LogP contribution in [0.3, 0.4) is 0 Å². The minimum absolute atomic E-state index is 0.599. The fourth-order valence-corrected chi connectivity index (χ4v) is 2.87. The van der Waals surface area contributed by atoms with Crippen molar-refractivity contribution in [2.45, 2.75) is 44.6 Å². The van der Waals surface area contributed by atoms with Crippen molar-refractivity contribution in [1.82, 2.24) is 4.98 Å². The molecule has 1 aromatic rings. The van der Waals surface area contributed by atoms with Crippen LogP contribution >= 0.6 is 15.9 Å². The monoisotopic (exact) mass is 308 g/mol. The SMILES string of the molecule is N#CC1(C(O)c2ccc(Br)cn2)CCCCCC1. The molecule has 0 bridgehead atoms. The summed E-state index contributed by atoms with van der Waals surface area (Å²) in [5.74, 6) is 0. The van der Waals surface area contributed by atoms with Crippen molar-refractivity contribution in [3.8, 4) is 6.07 Å². The summed E-state index contributed by atoms with van der Waals surface area (Å²) < 4.78 is 0.880. The largest absolute Gasteiger partial charge is 0.385 e. The number of hydrogen-bond donors (Lipinski definition) is 1. The quantitative estimate of drug-likeness (QED) is 0.847. The van der Waals surface area contributed by atoms with Crippen LogP contribution in [0.15, 0.2) is 22.8 Å². The second-order valence-corrected chi connectivity index (χ2v) is 5.90. The molecule has 0 radical (unpaired) electrons. The number of aromatic nitrogens is 1. The molecule has 1 aromatic heterocycles. The lowest BCUT2D eigenvalue weighted by Gasteiger charge is -2.30. The van der Waals surface area contributed by atoms with Gasteiger partial charge in [-0.3, -0.25) is 4.98 Å². The summed E-state index contributed by atoms with van der Waals surface area (Å²) in [5.41, 5.74) is -0.0567. The van der Waals surface area contributed by atoms with E-state index in [1.165, 1.54) is 0 Å². The van der Waals surface area contributed by atoms with Gasteiger partial charge >= 0.3 is 0 Å². The van der Waals surface area contributed by atoms with E-state index in [1.54, 1.807) is 12.3 Å². The van der Waals surface area contributed by atoms with Crippen molar-refractivity contribution < 1.29 is 5.11 Å². The van der Waals surface area contributed by atoms with Crippen LogP contribution in [-0.2, 0) is 0 Å². The summed E-state index contributed by atoms with van der Waals surface area (Å²) >= 11 is 3.32. The molecule has 0 saturated heterocycles. The average Bonchev–Trinajstić information content (AvgIpc) is 2.65. The maximum Gasteiger partial charge on any atom is 0.114 e. The predicted octanol–water partition coefficient (Wildman–Crippen LogP) is 3.74. The highest BCUT2D eigenvalue weighted by molar-refractivity contribution is 9.10. The van der Waals surface area contributed by atoms with Gasteiger partial charge in [-0.25, -0.2) is 0 Å². The number of rotatable bonds is 2. The van der Waals surface area contributed by atoms with Gasteiger partial charge in [-0.2, -0.15) is 5.26 Å². The third-order valence-electron chi connectivity index (χ3n) is 3.77. The fourth-order valence-electron chi connectivity index (χ4n) is 2.64. The van der Waals surface area contributed by atoms with Crippen molar-refractivity contribution >= 4 is 15.9 Å². The van der Waals surface area contributed by atoms with Gasteiger partial charge in [0.1, 0.15) is 6.10 Å². The third-order valence-corrected chi connectivity index (χ3v) is 4.24. The van der Waals surface area contributed by atoms with E-state index in [4.69, 9.17) is 0 Å². The number of halogens is 1. The van der Waals surface area contributed by atoms with E-state index in [1.807, 2.05) is 6.07 Å². The van der Waals surface area contributed by atoms with Crippen molar-refractivity contribution in [1.29, 1.82) is 5.26 Å². The van der Waals surface area contributed by atoms with Crippen molar-refractivity contribution in [2.75, 3.05) is 0 Å². The second-order valence-electron chi connectivity index (χ2n) is 4.99. The summed E-state index contributed by atoms with van der Waals surface area (Å²) in [4.78, 5) is 4.23. The van der Waals surface area contributed by atoms with E-state index < -0.39 is 11.5 Å². The molecule has 0 spiro atoms. The Labute approximate surface area is 116 Å². The van der Waals surface area contributed by atoms with Gasteiger partial charge in [0.2, 0.25) is 0 Å². The molecule has 0 aliphatic heterocycles. The molecule has 1 N–H and O–H groups in total. The first kappa shape index (κ1) is 13.5. The Kier molecular flexibility index (Phi) is 4.36. The molecule has 1 unspecified atom stereocenters. The van der Waals surface area contributed by atoms with Crippen LogP contribution in [0.4, 0.5) is 0 Å². The Hall–Kier alpha value is -0.920. The van der Waals surface area contributed by atoms with Crippen LogP contribution in [0.5, 0.6) is 0 Å². The number of aliphatic hydroxyl groups excluding tert-OH is 1. The molecular weight excluding hydrogens is 292 g/mol. The maximum absolute atomic E-state index is 10.5. The normalized spacial score (nSPS) is 20.7. The highest BCUT2D eigenvalue weighted by atomic mass is 79.9. The van der Waals surface area contributed by atoms with Crippen LogP contribution in [0.2, 0.25) is 0 Å². The Bertz CT molecular complexity index is 430. The van der Waals surface area contributed by atoms with Crippen molar-refractivity contribution in [3.05, 3.63) is 28.5 Å². The lowest BCUT2D eigenvalue weighted by atomic mass is 9.75. The highest BCUT2D eigenvalue weighted by Gasteiger charge is 2.39.